The summed E-state index contributed by atoms with van der Waals surface area (Å²) in [7, 11) is 0. The summed E-state index contributed by atoms with van der Waals surface area (Å²) in [6.45, 7) is 2.79. The van der Waals surface area contributed by atoms with Gasteiger partial charge in [-0.25, -0.2) is 0 Å². The monoisotopic (exact) mass is 391 g/mol. The smallest absolute Gasteiger partial charge is 0.339 e. The zero-order chi connectivity index (χ0) is 19.5. The quantitative estimate of drug-likeness (QED) is 0.804. The van der Waals surface area contributed by atoms with Gasteiger partial charge >= 0.3 is 6.18 Å². The van der Waals surface area contributed by atoms with Gasteiger partial charge in [0.15, 0.2) is 0 Å². The molecule has 3 amide bonds. The molecule has 0 spiro atoms. The van der Waals surface area contributed by atoms with Crippen LogP contribution in [0.1, 0.15) is 18.9 Å². The topological polar surface area (TPSA) is 69.7 Å². The van der Waals surface area contributed by atoms with Gasteiger partial charge in [0.25, 0.3) is 0 Å². The molecule has 1 fully saturated rings. The van der Waals surface area contributed by atoms with Crippen molar-refractivity contribution in [3.05, 3.63) is 28.8 Å². The van der Waals surface area contributed by atoms with Gasteiger partial charge in [0.1, 0.15) is 6.42 Å². The number of benzene rings is 1. The van der Waals surface area contributed by atoms with Crippen LogP contribution in [0.4, 0.5) is 18.9 Å². The van der Waals surface area contributed by atoms with E-state index < -0.39 is 30.0 Å². The zero-order valence-electron chi connectivity index (χ0n) is 13.9. The average molecular weight is 392 g/mol. The number of hydrogen-bond acceptors (Lipinski definition) is 3. The molecule has 1 aliphatic rings. The number of hydrogen-bond donors (Lipinski definition) is 1. The Morgan fingerprint density at radius 3 is 2.23 bits per heavy atom. The molecule has 0 unspecified atom stereocenters. The normalized spacial score (nSPS) is 15.0. The lowest BCUT2D eigenvalue weighted by Crippen LogP contribution is -2.50. The van der Waals surface area contributed by atoms with Crippen LogP contribution in [0.3, 0.4) is 0 Å². The van der Waals surface area contributed by atoms with E-state index in [9.17, 15) is 27.6 Å². The lowest BCUT2D eigenvalue weighted by molar-refractivity contribution is -0.140. The van der Waals surface area contributed by atoms with Gasteiger partial charge in [-0.3, -0.25) is 14.4 Å². The van der Waals surface area contributed by atoms with Crippen molar-refractivity contribution in [1.29, 1.82) is 0 Å². The maximum absolute atomic E-state index is 12.7. The molecule has 1 heterocycles. The number of alkyl halides is 3. The highest BCUT2D eigenvalue weighted by molar-refractivity contribution is 6.33. The Bertz CT molecular complexity index is 716. The molecule has 1 saturated heterocycles. The van der Waals surface area contributed by atoms with Gasteiger partial charge in [-0.1, -0.05) is 11.6 Å². The number of nitrogens with zero attached hydrogens (tertiary/aromatic N) is 2. The Labute approximate surface area is 152 Å². The van der Waals surface area contributed by atoms with E-state index in [0.717, 1.165) is 18.2 Å². The highest BCUT2D eigenvalue weighted by atomic mass is 35.5. The van der Waals surface area contributed by atoms with Gasteiger partial charge in [0.05, 0.1) is 16.3 Å². The summed E-state index contributed by atoms with van der Waals surface area (Å²) in [6.07, 6.45) is -5.09. The van der Waals surface area contributed by atoms with E-state index >= 15 is 0 Å². The van der Waals surface area contributed by atoms with E-state index in [-0.39, 0.29) is 16.6 Å². The number of carbonyl (C=O) groups is 3. The molecule has 26 heavy (non-hydrogen) atoms. The van der Waals surface area contributed by atoms with Crippen molar-refractivity contribution >= 4 is 35.0 Å². The first-order chi connectivity index (χ1) is 12.1. The second kappa shape index (κ2) is 7.94. The number of carbonyl (C=O) groups excluding carboxylic acids is 3. The maximum Gasteiger partial charge on any atom is 0.416 e. The van der Waals surface area contributed by atoms with Gasteiger partial charge < -0.3 is 15.1 Å². The van der Waals surface area contributed by atoms with Gasteiger partial charge in [0, 0.05) is 33.1 Å². The third-order valence-electron chi connectivity index (χ3n) is 3.96. The summed E-state index contributed by atoms with van der Waals surface area (Å²) >= 11 is 5.81. The molecule has 1 aromatic rings. The molecule has 6 nitrogen and oxygen atoms in total. The van der Waals surface area contributed by atoms with E-state index in [4.69, 9.17) is 11.6 Å². The van der Waals surface area contributed by atoms with Crippen LogP contribution < -0.4 is 5.32 Å². The summed E-state index contributed by atoms with van der Waals surface area (Å²) in [5.74, 6) is -1.31. The molecule has 2 rings (SSSR count). The highest BCUT2D eigenvalue weighted by Gasteiger charge is 2.31. The predicted molar refractivity (Wildman–Crippen MR) is 88.5 cm³/mol. The summed E-state index contributed by atoms with van der Waals surface area (Å²) in [5.41, 5.74) is -1.16. The summed E-state index contributed by atoms with van der Waals surface area (Å²) in [4.78, 5) is 38.4. The van der Waals surface area contributed by atoms with Crippen molar-refractivity contribution in [2.75, 3.05) is 31.5 Å². The van der Waals surface area contributed by atoms with Crippen molar-refractivity contribution in [1.82, 2.24) is 9.80 Å². The second-order valence-corrected chi connectivity index (χ2v) is 6.21. The molecule has 0 aliphatic carbocycles. The van der Waals surface area contributed by atoms with E-state index in [1.807, 2.05) is 0 Å². The Morgan fingerprint density at radius 2 is 1.69 bits per heavy atom. The molecule has 1 aliphatic heterocycles. The van der Waals surface area contributed by atoms with Crippen LogP contribution in [0, 0.1) is 0 Å². The summed E-state index contributed by atoms with van der Waals surface area (Å²) in [6, 6.07) is 2.55. The maximum atomic E-state index is 12.7. The molecular formula is C16H17ClF3N3O3. The molecular weight excluding hydrogens is 375 g/mol. The summed E-state index contributed by atoms with van der Waals surface area (Å²) in [5, 5.41) is 2.18. The Balaban J connectivity index is 1.95. The van der Waals surface area contributed by atoms with E-state index in [1.54, 1.807) is 4.90 Å². The van der Waals surface area contributed by atoms with Gasteiger partial charge in [-0.05, 0) is 18.2 Å². The van der Waals surface area contributed by atoms with Crippen LogP contribution in [-0.2, 0) is 20.6 Å². The fourth-order valence-electron chi connectivity index (χ4n) is 2.51. The number of rotatable bonds is 3. The van der Waals surface area contributed by atoms with Gasteiger partial charge in [0.2, 0.25) is 17.7 Å². The van der Waals surface area contributed by atoms with Crippen LogP contribution in [-0.4, -0.2) is 53.7 Å². The van der Waals surface area contributed by atoms with Crippen molar-refractivity contribution in [3.63, 3.8) is 0 Å². The molecule has 1 N–H and O–H groups in total. The third-order valence-corrected chi connectivity index (χ3v) is 4.29. The van der Waals surface area contributed by atoms with Crippen LogP contribution in [0.2, 0.25) is 5.02 Å². The average Bonchev–Trinajstić information content (AvgIpc) is 2.55. The highest BCUT2D eigenvalue weighted by Crippen LogP contribution is 2.33. The number of halogens is 4. The molecule has 10 heteroatoms. The van der Waals surface area contributed by atoms with Gasteiger partial charge in [-0.15, -0.1) is 0 Å². The first kappa shape index (κ1) is 20.0. The first-order valence-electron chi connectivity index (χ1n) is 7.78. The SMILES string of the molecule is CC(=O)N1CCN(C(=O)CC(=O)Nc2cc(C(F)(F)F)ccc2Cl)CC1. The first-order valence-corrected chi connectivity index (χ1v) is 8.15. The van der Waals surface area contributed by atoms with E-state index in [1.165, 1.54) is 11.8 Å². The van der Waals surface area contributed by atoms with Crippen LogP contribution in [0.25, 0.3) is 0 Å². The fraction of sp³-hybridized carbons (Fsp3) is 0.438. The Morgan fingerprint density at radius 1 is 1.12 bits per heavy atom. The largest absolute Gasteiger partial charge is 0.416 e. The van der Waals surface area contributed by atoms with Crippen molar-refractivity contribution in [2.24, 2.45) is 0 Å². The Hall–Kier alpha value is -2.29. The predicted octanol–water partition coefficient (Wildman–Crippen LogP) is 2.38. The number of nitrogens with one attached hydrogen (secondary N) is 1. The van der Waals surface area contributed by atoms with E-state index in [0.29, 0.717) is 26.2 Å². The fourth-order valence-corrected chi connectivity index (χ4v) is 2.68. The van der Waals surface area contributed by atoms with Crippen LogP contribution in [0.5, 0.6) is 0 Å². The van der Waals surface area contributed by atoms with Gasteiger partial charge in [-0.2, -0.15) is 13.2 Å². The third kappa shape index (κ3) is 5.10. The molecule has 0 bridgehead atoms. The Kier molecular flexibility index (Phi) is 6.12. The van der Waals surface area contributed by atoms with Crippen molar-refractivity contribution < 1.29 is 27.6 Å². The number of piperazine rings is 1. The van der Waals surface area contributed by atoms with Crippen LogP contribution >= 0.6 is 11.6 Å². The number of anilines is 1. The molecule has 1 aromatic carbocycles. The molecule has 0 aromatic heterocycles. The molecule has 0 saturated carbocycles. The van der Waals surface area contributed by atoms with E-state index in [2.05, 4.69) is 5.32 Å². The molecule has 0 atom stereocenters. The number of amides is 3. The lowest BCUT2D eigenvalue weighted by Gasteiger charge is -2.34. The van der Waals surface area contributed by atoms with Crippen LogP contribution in [0.15, 0.2) is 18.2 Å². The zero-order valence-corrected chi connectivity index (χ0v) is 14.7. The minimum Gasteiger partial charge on any atom is -0.339 e. The standard InChI is InChI=1S/C16H17ClF3N3O3/c1-10(24)22-4-6-23(7-5-22)15(26)9-14(25)21-13-8-11(16(18,19)20)2-3-12(13)17/h2-3,8H,4-7,9H2,1H3,(H,21,25). The second-order valence-electron chi connectivity index (χ2n) is 5.80. The lowest BCUT2D eigenvalue weighted by atomic mass is 10.2. The van der Waals surface area contributed by atoms with Crippen molar-refractivity contribution in [3.8, 4) is 0 Å². The summed E-state index contributed by atoms with van der Waals surface area (Å²) < 4.78 is 38.2. The molecule has 0 radical (unpaired) electrons. The van der Waals surface area contributed by atoms with Crippen molar-refractivity contribution in [2.45, 2.75) is 19.5 Å². The minimum absolute atomic E-state index is 0.0612. The molecule has 142 valence electrons. The minimum atomic E-state index is -4.57.